The lowest BCUT2D eigenvalue weighted by Crippen LogP contribution is -2.63. The summed E-state index contributed by atoms with van der Waals surface area (Å²) in [5.41, 5.74) is 1.28. The Labute approximate surface area is 182 Å². The molecule has 30 heavy (non-hydrogen) atoms. The second-order valence-corrected chi connectivity index (χ2v) is 13.2. The molecule has 5 aliphatic carbocycles. The minimum absolute atomic E-state index is 0.0416. The Hall–Kier alpha value is -0.450. The Bertz CT molecular complexity index is 799. The summed E-state index contributed by atoms with van der Waals surface area (Å²) in [4.78, 5) is 15.1. The van der Waals surface area contributed by atoms with Crippen LogP contribution in [0.4, 0.5) is 0 Å². The summed E-state index contributed by atoms with van der Waals surface area (Å²) >= 11 is 0. The molecular formula is C26H41NO3. The zero-order valence-corrected chi connectivity index (χ0v) is 19.7. The summed E-state index contributed by atoms with van der Waals surface area (Å²) in [5.74, 6) is 1.48. The van der Waals surface area contributed by atoms with E-state index in [1.807, 2.05) is 0 Å². The molecule has 6 fully saturated rings. The zero-order valence-electron chi connectivity index (χ0n) is 19.7. The van der Waals surface area contributed by atoms with Gasteiger partial charge in [0.1, 0.15) is 5.78 Å². The number of hydrogen-bond donors (Lipinski definition) is 1. The molecule has 4 nitrogen and oxygen atoms in total. The number of hydrogen-bond acceptors (Lipinski definition) is 4. The average molecular weight is 416 g/mol. The predicted octanol–water partition coefficient (Wildman–Crippen LogP) is 4.25. The fourth-order valence-electron chi connectivity index (χ4n) is 11.4. The number of ketones is 1. The summed E-state index contributed by atoms with van der Waals surface area (Å²) in [7, 11) is 2.25. The van der Waals surface area contributed by atoms with E-state index in [0.717, 1.165) is 32.1 Å². The van der Waals surface area contributed by atoms with Crippen LogP contribution in [-0.2, 0) is 9.53 Å². The van der Waals surface area contributed by atoms with Gasteiger partial charge in [0.2, 0.25) is 0 Å². The average Bonchev–Trinajstić information content (AvgIpc) is 3.26. The standard InChI is InChI=1S/C26H41NO3/c1-16(28)21-17(29)12-24(4)19-7-6-18-22(2)14-30-15-27(5)20(22)8-9-25(18)13-26(19,25)11-10-23(21,24)3/h17-21,29H,6-15H2,1-5H3. The molecule has 4 heteroatoms. The summed E-state index contributed by atoms with van der Waals surface area (Å²) in [5, 5.41) is 11.0. The normalized spacial score (nSPS) is 61.9. The molecule has 2 spiro atoms. The van der Waals surface area contributed by atoms with Crippen LogP contribution in [-0.4, -0.2) is 48.3 Å². The van der Waals surface area contributed by atoms with Crippen LogP contribution >= 0.6 is 0 Å². The first-order valence-electron chi connectivity index (χ1n) is 12.5. The third kappa shape index (κ3) is 1.96. The second kappa shape index (κ2) is 5.72. The number of aliphatic hydroxyl groups excluding tert-OH is 1. The maximum atomic E-state index is 12.6. The number of ether oxygens (including phenoxy) is 1. The van der Waals surface area contributed by atoms with Crippen molar-refractivity contribution in [3.63, 3.8) is 0 Å². The maximum Gasteiger partial charge on any atom is 0.136 e. The summed E-state index contributed by atoms with van der Waals surface area (Å²) < 4.78 is 6.12. The van der Waals surface area contributed by atoms with Gasteiger partial charge in [0.15, 0.2) is 0 Å². The van der Waals surface area contributed by atoms with Crippen LogP contribution in [0.5, 0.6) is 0 Å². The molecule has 10 atom stereocenters. The van der Waals surface area contributed by atoms with Gasteiger partial charge in [-0.05, 0) is 98.8 Å². The molecule has 0 amide bonds. The molecule has 10 unspecified atom stereocenters. The Morgan fingerprint density at radius 2 is 1.70 bits per heavy atom. The third-order valence-corrected chi connectivity index (χ3v) is 12.5. The molecule has 5 saturated carbocycles. The van der Waals surface area contributed by atoms with Gasteiger partial charge in [-0.2, -0.15) is 0 Å². The van der Waals surface area contributed by atoms with Crippen LogP contribution in [0.2, 0.25) is 0 Å². The van der Waals surface area contributed by atoms with Gasteiger partial charge >= 0.3 is 0 Å². The van der Waals surface area contributed by atoms with E-state index in [1.54, 1.807) is 6.92 Å². The van der Waals surface area contributed by atoms with Crippen molar-refractivity contribution in [3.05, 3.63) is 0 Å². The Balaban J connectivity index is 1.39. The van der Waals surface area contributed by atoms with Gasteiger partial charge in [-0.25, -0.2) is 0 Å². The number of Topliss-reactive ketones (excluding diaryl/α,β-unsaturated/α-hetero) is 1. The van der Waals surface area contributed by atoms with Crippen molar-refractivity contribution in [3.8, 4) is 0 Å². The van der Waals surface area contributed by atoms with Crippen molar-refractivity contribution in [2.24, 2.45) is 44.8 Å². The van der Waals surface area contributed by atoms with Crippen molar-refractivity contribution in [2.45, 2.75) is 91.2 Å². The molecule has 0 aromatic heterocycles. The predicted molar refractivity (Wildman–Crippen MR) is 116 cm³/mol. The SMILES string of the molecule is CC(=O)C1C(O)CC2(C)C3CCC4C5(C)COCN(C)C5CCC45CC35CCC12C. The Morgan fingerprint density at radius 3 is 2.43 bits per heavy atom. The van der Waals surface area contributed by atoms with E-state index in [0.29, 0.717) is 22.8 Å². The first-order valence-corrected chi connectivity index (χ1v) is 12.5. The smallest absolute Gasteiger partial charge is 0.136 e. The van der Waals surface area contributed by atoms with Gasteiger partial charge in [-0.3, -0.25) is 9.69 Å². The van der Waals surface area contributed by atoms with Crippen LogP contribution in [0.1, 0.15) is 79.1 Å². The first kappa shape index (κ1) is 20.2. The molecule has 1 heterocycles. The zero-order chi connectivity index (χ0) is 21.3. The van der Waals surface area contributed by atoms with E-state index in [-0.39, 0.29) is 27.9 Å². The number of carbonyl (C=O) groups excluding carboxylic acids is 1. The molecule has 6 aliphatic rings. The van der Waals surface area contributed by atoms with Gasteiger partial charge in [0, 0.05) is 17.4 Å². The van der Waals surface area contributed by atoms with Crippen molar-refractivity contribution < 1.29 is 14.6 Å². The number of aliphatic hydroxyl groups is 1. The fraction of sp³-hybridized carbons (Fsp3) is 0.962. The van der Waals surface area contributed by atoms with Crippen LogP contribution in [0.3, 0.4) is 0 Å². The summed E-state index contributed by atoms with van der Waals surface area (Å²) in [6, 6.07) is 0.663. The van der Waals surface area contributed by atoms with Crippen LogP contribution in [0.15, 0.2) is 0 Å². The number of carbonyl (C=O) groups is 1. The fourth-order valence-corrected chi connectivity index (χ4v) is 11.4. The molecule has 6 rings (SSSR count). The molecule has 1 saturated heterocycles. The van der Waals surface area contributed by atoms with Crippen LogP contribution in [0.25, 0.3) is 0 Å². The number of nitrogens with zero attached hydrogens (tertiary/aromatic N) is 1. The minimum atomic E-state index is -0.450. The van der Waals surface area contributed by atoms with Gasteiger partial charge in [0.05, 0.1) is 19.4 Å². The van der Waals surface area contributed by atoms with Gasteiger partial charge in [0.25, 0.3) is 0 Å². The number of fused-ring (bicyclic) bond motifs is 4. The highest BCUT2D eigenvalue weighted by Gasteiger charge is 2.83. The van der Waals surface area contributed by atoms with Crippen LogP contribution < -0.4 is 0 Å². The molecular weight excluding hydrogens is 374 g/mol. The second-order valence-electron chi connectivity index (χ2n) is 13.2. The molecule has 1 aliphatic heterocycles. The van der Waals surface area contributed by atoms with Crippen molar-refractivity contribution >= 4 is 5.78 Å². The lowest BCUT2D eigenvalue weighted by molar-refractivity contribution is -0.202. The quantitative estimate of drug-likeness (QED) is 0.695. The lowest BCUT2D eigenvalue weighted by atomic mass is 9.41. The largest absolute Gasteiger partial charge is 0.392 e. The first-order chi connectivity index (χ1) is 14.1. The third-order valence-electron chi connectivity index (χ3n) is 12.5. The van der Waals surface area contributed by atoms with Gasteiger partial charge in [-0.1, -0.05) is 20.8 Å². The molecule has 1 N–H and O–H groups in total. The van der Waals surface area contributed by atoms with Crippen molar-refractivity contribution in [1.29, 1.82) is 0 Å². The van der Waals surface area contributed by atoms with E-state index >= 15 is 0 Å². The topological polar surface area (TPSA) is 49.8 Å². The molecule has 0 bridgehead atoms. The molecule has 0 radical (unpaired) electrons. The highest BCUT2D eigenvalue weighted by molar-refractivity contribution is 5.80. The van der Waals surface area contributed by atoms with E-state index < -0.39 is 6.10 Å². The van der Waals surface area contributed by atoms with E-state index in [1.165, 1.54) is 38.5 Å². The van der Waals surface area contributed by atoms with Crippen molar-refractivity contribution in [2.75, 3.05) is 20.4 Å². The van der Waals surface area contributed by atoms with E-state index in [9.17, 15) is 9.90 Å². The summed E-state index contributed by atoms with van der Waals surface area (Å²) in [6.07, 6.45) is 9.44. The van der Waals surface area contributed by atoms with E-state index in [4.69, 9.17) is 4.74 Å². The highest BCUT2D eigenvalue weighted by Crippen LogP contribution is 2.89. The lowest BCUT2D eigenvalue weighted by Gasteiger charge is -2.64. The molecule has 168 valence electrons. The van der Waals surface area contributed by atoms with Crippen LogP contribution in [0, 0.1) is 44.8 Å². The molecule has 0 aromatic rings. The number of rotatable bonds is 1. The Morgan fingerprint density at radius 1 is 1.00 bits per heavy atom. The van der Waals surface area contributed by atoms with E-state index in [2.05, 4.69) is 32.7 Å². The minimum Gasteiger partial charge on any atom is -0.392 e. The van der Waals surface area contributed by atoms with Gasteiger partial charge < -0.3 is 9.84 Å². The monoisotopic (exact) mass is 415 g/mol. The summed E-state index contributed by atoms with van der Waals surface area (Å²) in [6.45, 7) is 10.8. The van der Waals surface area contributed by atoms with Crippen molar-refractivity contribution in [1.82, 2.24) is 4.90 Å². The molecule has 0 aromatic carbocycles. The highest BCUT2D eigenvalue weighted by atomic mass is 16.5. The Kier molecular flexibility index (Phi) is 3.85. The van der Waals surface area contributed by atoms with Gasteiger partial charge in [-0.15, -0.1) is 0 Å². The maximum absolute atomic E-state index is 12.6.